The molecule has 2 N–H and O–H groups in total. The number of carbonyl (C=O) groups is 2. The molecule has 0 saturated carbocycles. The van der Waals surface area contributed by atoms with Crippen LogP contribution in [0.3, 0.4) is 0 Å². The quantitative estimate of drug-likeness (QED) is 0.852. The van der Waals surface area contributed by atoms with Gasteiger partial charge in [-0.25, -0.2) is 13.6 Å². The topological polar surface area (TPSA) is 67.4 Å². The molecular formula is C11H12F2N2O3. The monoisotopic (exact) mass is 258 g/mol. The van der Waals surface area contributed by atoms with E-state index in [4.69, 9.17) is 4.74 Å². The lowest BCUT2D eigenvalue weighted by molar-refractivity contribution is -0.122. The van der Waals surface area contributed by atoms with Gasteiger partial charge in [-0.3, -0.25) is 10.1 Å². The second kappa shape index (κ2) is 6.53. The number of benzene rings is 1. The van der Waals surface area contributed by atoms with Gasteiger partial charge in [0.1, 0.15) is 5.82 Å². The van der Waals surface area contributed by atoms with Gasteiger partial charge in [-0.2, -0.15) is 0 Å². The summed E-state index contributed by atoms with van der Waals surface area (Å²) in [4.78, 5) is 22.1. The first-order valence-corrected chi connectivity index (χ1v) is 5.18. The first-order chi connectivity index (χ1) is 8.52. The van der Waals surface area contributed by atoms with Crippen molar-refractivity contribution in [1.29, 1.82) is 0 Å². The molecule has 0 radical (unpaired) electrons. The molecule has 1 aromatic rings. The van der Waals surface area contributed by atoms with Gasteiger partial charge in [0.25, 0.3) is 5.91 Å². The fourth-order valence-electron chi connectivity index (χ4n) is 1.10. The van der Waals surface area contributed by atoms with Crippen LogP contribution in [0.4, 0.5) is 13.6 Å². The fourth-order valence-corrected chi connectivity index (χ4v) is 1.10. The zero-order valence-corrected chi connectivity index (χ0v) is 9.63. The Morgan fingerprint density at radius 1 is 1.33 bits per heavy atom. The van der Waals surface area contributed by atoms with Crippen molar-refractivity contribution in [2.75, 3.05) is 13.2 Å². The molecule has 0 spiro atoms. The molecule has 1 aromatic carbocycles. The Labute approximate surface area is 102 Å². The molecule has 0 unspecified atom stereocenters. The van der Waals surface area contributed by atoms with E-state index in [0.717, 1.165) is 12.1 Å². The van der Waals surface area contributed by atoms with E-state index in [1.54, 1.807) is 6.92 Å². The Bertz CT molecular complexity index is 452. The van der Waals surface area contributed by atoms with Crippen LogP contribution in [0.2, 0.25) is 0 Å². The molecule has 0 aliphatic heterocycles. The van der Waals surface area contributed by atoms with Gasteiger partial charge in [0.15, 0.2) is 18.2 Å². The van der Waals surface area contributed by atoms with Gasteiger partial charge in [0.2, 0.25) is 0 Å². The average Bonchev–Trinajstić information content (AvgIpc) is 2.28. The minimum atomic E-state index is -0.916. The lowest BCUT2D eigenvalue weighted by Gasteiger charge is -2.07. The van der Waals surface area contributed by atoms with Crippen molar-refractivity contribution in [3.8, 4) is 5.75 Å². The Balaban J connectivity index is 2.45. The number of imide groups is 1. The SMILES string of the molecule is CCNC(=O)NC(=O)COc1ccc(F)cc1F. The number of urea groups is 1. The number of halogens is 2. The van der Waals surface area contributed by atoms with E-state index in [2.05, 4.69) is 5.32 Å². The van der Waals surface area contributed by atoms with Gasteiger partial charge in [0, 0.05) is 12.6 Å². The summed E-state index contributed by atoms with van der Waals surface area (Å²) in [5.74, 6) is -2.65. The number of rotatable bonds is 4. The van der Waals surface area contributed by atoms with Crippen LogP contribution in [-0.2, 0) is 4.79 Å². The summed E-state index contributed by atoms with van der Waals surface area (Å²) in [6.45, 7) is 1.51. The van der Waals surface area contributed by atoms with Crippen molar-refractivity contribution < 1.29 is 23.1 Å². The fraction of sp³-hybridized carbons (Fsp3) is 0.273. The van der Waals surface area contributed by atoms with E-state index < -0.39 is 30.2 Å². The molecule has 0 heterocycles. The van der Waals surface area contributed by atoms with Crippen LogP contribution >= 0.6 is 0 Å². The van der Waals surface area contributed by atoms with Crippen molar-refractivity contribution >= 4 is 11.9 Å². The van der Waals surface area contributed by atoms with Gasteiger partial charge < -0.3 is 10.1 Å². The molecule has 0 fully saturated rings. The summed E-state index contributed by atoms with van der Waals surface area (Å²) in [6, 6.07) is 2.03. The summed E-state index contributed by atoms with van der Waals surface area (Å²) in [7, 11) is 0. The molecule has 5 nitrogen and oxygen atoms in total. The number of ether oxygens (including phenoxy) is 1. The average molecular weight is 258 g/mol. The highest BCUT2D eigenvalue weighted by molar-refractivity contribution is 5.94. The molecule has 7 heteroatoms. The Hall–Kier alpha value is -2.18. The van der Waals surface area contributed by atoms with Crippen LogP contribution in [0.1, 0.15) is 6.92 Å². The molecule has 0 bridgehead atoms. The highest BCUT2D eigenvalue weighted by Crippen LogP contribution is 2.17. The van der Waals surface area contributed by atoms with Crippen molar-refractivity contribution in [1.82, 2.24) is 10.6 Å². The van der Waals surface area contributed by atoms with Crippen LogP contribution < -0.4 is 15.4 Å². The molecule has 98 valence electrons. The molecule has 1 rings (SSSR count). The van der Waals surface area contributed by atoms with Crippen molar-refractivity contribution in [2.45, 2.75) is 6.92 Å². The number of amides is 3. The minimum Gasteiger partial charge on any atom is -0.481 e. The molecule has 0 aromatic heterocycles. The van der Waals surface area contributed by atoms with E-state index in [1.807, 2.05) is 5.32 Å². The molecule has 18 heavy (non-hydrogen) atoms. The van der Waals surface area contributed by atoms with Crippen molar-refractivity contribution in [3.05, 3.63) is 29.8 Å². The first kappa shape index (κ1) is 13.9. The molecular weight excluding hydrogens is 246 g/mol. The van der Waals surface area contributed by atoms with Gasteiger partial charge in [0.05, 0.1) is 0 Å². The maximum Gasteiger partial charge on any atom is 0.321 e. The molecule has 0 saturated heterocycles. The van der Waals surface area contributed by atoms with E-state index in [9.17, 15) is 18.4 Å². The van der Waals surface area contributed by atoms with Crippen molar-refractivity contribution in [3.63, 3.8) is 0 Å². The molecule has 0 atom stereocenters. The Morgan fingerprint density at radius 3 is 2.67 bits per heavy atom. The van der Waals surface area contributed by atoms with Crippen LogP contribution in [-0.4, -0.2) is 25.1 Å². The largest absolute Gasteiger partial charge is 0.481 e. The van der Waals surface area contributed by atoms with Gasteiger partial charge >= 0.3 is 6.03 Å². The van der Waals surface area contributed by atoms with E-state index >= 15 is 0 Å². The summed E-state index contributed by atoms with van der Waals surface area (Å²) in [5.41, 5.74) is 0. The molecule has 0 aliphatic rings. The maximum absolute atomic E-state index is 13.1. The van der Waals surface area contributed by atoms with Crippen LogP contribution in [0.25, 0.3) is 0 Å². The summed E-state index contributed by atoms with van der Waals surface area (Å²) < 4.78 is 30.5. The maximum atomic E-state index is 13.1. The Morgan fingerprint density at radius 2 is 2.06 bits per heavy atom. The predicted octanol–water partition coefficient (Wildman–Crippen LogP) is 1.19. The van der Waals surface area contributed by atoms with E-state index in [-0.39, 0.29) is 5.75 Å². The second-order valence-electron chi connectivity index (χ2n) is 3.27. The van der Waals surface area contributed by atoms with Crippen LogP contribution in [0.15, 0.2) is 18.2 Å². The number of carbonyl (C=O) groups excluding carboxylic acids is 2. The van der Waals surface area contributed by atoms with Crippen molar-refractivity contribution in [2.24, 2.45) is 0 Å². The summed E-state index contributed by atoms with van der Waals surface area (Å²) >= 11 is 0. The van der Waals surface area contributed by atoms with E-state index in [0.29, 0.717) is 12.6 Å². The zero-order chi connectivity index (χ0) is 13.5. The number of hydrogen-bond acceptors (Lipinski definition) is 3. The normalized spacial score (nSPS) is 9.72. The lowest BCUT2D eigenvalue weighted by Crippen LogP contribution is -2.41. The third-order valence-corrected chi connectivity index (χ3v) is 1.84. The predicted molar refractivity (Wildman–Crippen MR) is 59.1 cm³/mol. The standard InChI is InChI=1S/C11H12F2N2O3/c1-2-14-11(17)15-10(16)6-18-9-4-3-7(12)5-8(9)13/h3-5H,2,6H2,1H3,(H2,14,15,16,17). The number of hydrogen-bond donors (Lipinski definition) is 2. The zero-order valence-electron chi connectivity index (χ0n) is 9.63. The third-order valence-electron chi connectivity index (χ3n) is 1.84. The molecule has 0 aliphatic carbocycles. The highest BCUT2D eigenvalue weighted by atomic mass is 19.1. The first-order valence-electron chi connectivity index (χ1n) is 5.18. The lowest BCUT2D eigenvalue weighted by atomic mass is 10.3. The second-order valence-corrected chi connectivity index (χ2v) is 3.27. The smallest absolute Gasteiger partial charge is 0.321 e. The summed E-state index contributed by atoms with van der Waals surface area (Å²) in [6.07, 6.45) is 0. The van der Waals surface area contributed by atoms with Gasteiger partial charge in [-0.1, -0.05) is 0 Å². The Kier molecular flexibility index (Phi) is 5.04. The number of nitrogens with one attached hydrogen (secondary N) is 2. The van der Waals surface area contributed by atoms with E-state index in [1.165, 1.54) is 0 Å². The van der Waals surface area contributed by atoms with Crippen LogP contribution in [0.5, 0.6) is 5.75 Å². The minimum absolute atomic E-state index is 0.262. The summed E-state index contributed by atoms with van der Waals surface area (Å²) in [5, 5.41) is 4.31. The third kappa shape index (κ3) is 4.36. The highest BCUT2D eigenvalue weighted by Gasteiger charge is 2.10. The van der Waals surface area contributed by atoms with Gasteiger partial charge in [-0.05, 0) is 19.1 Å². The van der Waals surface area contributed by atoms with Gasteiger partial charge in [-0.15, -0.1) is 0 Å². The molecule has 3 amide bonds. The van der Waals surface area contributed by atoms with Crippen LogP contribution in [0, 0.1) is 11.6 Å².